The Hall–Kier alpha value is -2.60. The quantitative estimate of drug-likeness (QED) is 0.754. The number of anilines is 1. The lowest BCUT2D eigenvalue weighted by Gasteiger charge is -2.08. The van der Waals surface area contributed by atoms with Crippen LogP contribution in [0.3, 0.4) is 0 Å². The molecule has 20 heavy (non-hydrogen) atoms. The molecule has 0 saturated heterocycles. The third-order valence-corrected chi connectivity index (χ3v) is 2.83. The predicted molar refractivity (Wildman–Crippen MR) is 72.3 cm³/mol. The summed E-state index contributed by atoms with van der Waals surface area (Å²) in [6.45, 7) is 0. The van der Waals surface area contributed by atoms with Crippen LogP contribution in [0, 0.1) is 0 Å². The molecule has 0 atom stereocenters. The van der Waals surface area contributed by atoms with E-state index in [9.17, 15) is 14.7 Å². The van der Waals surface area contributed by atoms with E-state index >= 15 is 0 Å². The Morgan fingerprint density at radius 1 is 1.25 bits per heavy atom. The summed E-state index contributed by atoms with van der Waals surface area (Å²) in [5.74, 6) is -2.01. The number of carbonyl (C=O) groups is 2. The van der Waals surface area contributed by atoms with E-state index < -0.39 is 11.9 Å². The van der Waals surface area contributed by atoms with Gasteiger partial charge in [0.2, 0.25) is 0 Å². The molecule has 102 valence electrons. The second-order valence-corrected chi connectivity index (χ2v) is 4.25. The Morgan fingerprint density at radius 2 is 2.00 bits per heavy atom. The molecule has 0 radical (unpaired) electrons. The zero-order valence-corrected chi connectivity index (χ0v) is 10.8. The molecule has 1 heterocycles. The summed E-state index contributed by atoms with van der Waals surface area (Å²) in [7, 11) is 0. The number of carboxylic acids is 1. The molecule has 0 saturated carbocycles. The van der Waals surface area contributed by atoms with Crippen molar-refractivity contribution in [2.75, 3.05) is 5.32 Å². The number of aromatic nitrogens is 1. The first-order valence-electron chi connectivity index (χ1n) is 5.46. The number of carboxylic acid groups (broad SMARTS) is 1. The number of halogens is 1. The molecule has 0 bridgehead atoms. The molecule has 0 spiro atoms. The molecule has 0 unspecified atom stereocenters. The molecule has 0 fully saturated rings. The standard InChI is InChI=1S/C13H9ClN2O4/c14-9-3-4-15-6-8(9)12(18)16-10-5-7(13(19)20)1-2-11(10)17/h1-6,17H,(H,16,18)(H,19,20). The Balaban J connectivity index is 2.30. The van der Waals surface area contributed by atoms with Crippen molar-refractivity contribution in [2.24, 2.45) is 0 Å². The van der Waals surface area contributed by atoms with Crippen LogP contribution >= 0.6 is 11.6 Å². The molecule has 6 nitrogen and oxygen atoms in total. The molecule has 1 aromatic carbocycles. The van der Waals surface area contributed by atoms with E-state index in [2.05, 4.69) is 10.3 Å². The van der Waals surface area contributed by atoms with E-state index in [1.807, 2.05) is 0 Å². The normalized spacial score (nSPS) is 10.1. The van der Waals surface area contributed by atoms with E-state index in [0.29, 0.717) is 0 Å². The van der Waals surface area contributed by atoms with Crippen LogP contribution in [0.5, 0.6) is 5.75 Å². The molecule has 7 heteroatoms. The van der Waals surface area contributed by atoms with Gasteiger partial charge in [-0.2, -0.15) is 0 Å². The third kappa shape index (κ3) is 2.86. The highest BCUT2D eigenvalue weighted by atomic mass is 35.5. The number of benzene rings is 1. The van der Waals surface area contributed by atoms with Crippen LogP contribution in [0.15, 0.2) is 36.7 Å². The van der Waals surface area contributed by atoms with Crippen LogP contribution < -0.4 is 5.32 Å². The monoisotopic (exact) mass is 292 g/mol. The van der Waals surface area contributed by atoms with Gasteiger partial charge in [-0.1, -0.05) is 11.6 Å². The van der Waals surface area contributed by atoms with Gasteiger partial charge in [0.25, 0.3) is 5.91 Å². The third-order valence-electron chi connectivity index (χ3n) is 2.50. The number of phenolic OH excluding ortho intramolecular Hbond substituents is 1. The number of hydrogen-bond acceptors (Lipinski definition) is 4. The fourth-order valence-electron chi connectivity index (χ4n) is 1.50. The lowest BCUT2D eigenvalue weighted by molar-refractivity contribution is 0.0696. The fraction of sp³-hybridized carbons (Fsp3) is 0. The van der Waals surface area contributed by atoms with E-state index in [-0.39, 0.29) is 27.6 Å². The van der Waals surface area contributed by atoms with Gasteiger partial charge in [0.05, 0.1) is 21.8 Å². The van der Waals surface area contributed by atoms with Crippen LogP contribution in [0.4, 0.5) is 5.69 Å². The molecule has 2 rings (SSSR count). The van der Waals surface area contributed by atoms with Crippen molar-refractivity contribution in [3.8, 4) is 5.75 Å². The summed E-state index contributed by atoms with van der Waals surface area (Å²) in [6, 6.07) is 5.01. The maximum Gasteiger partial charge on any atom is 0.335 e. The lowest BCUT2D eigenvalue weighted by Crippen LogP contribution is -2.13. The van der Waals surface area contributed by atoms with Crippen molar-refractivity contribution in [2.45, 2.75) is 0 Å². The predicted octanol–water partition coefficient (Wildman–Crippen LogP) is 2.39. The fourth-order valence-corrected chi connectivity index (χ4v) is 1.69. The average Bonchev–Trinajstić information content (AvgIpc) is 2.41. The zero-order chi connectivity index (χ0) is 14.7. The summed E-state index contributed by atoms with van der Waals surface area (Å²) in [5.41, 5.74) is 0.0412. The van der Waals surface area contributed by atoms with E-state index in [1.54, 1.807) is 0 Å². The number of rotatable bonds is 3. The van der Waals surface area contributed by atoms with E-state index in [1.165, 1.54) is 30.6 Å². The van der Waals surface area contributed by atoms with Crippen LogP contribution in [0.1, 0.15) is 20.7 Å². The first-order valence-corrected chi connectivity index (χ1v) is 5.84. The summed E-state index contributed by atoms with van der Waals surface area (Å²) < 4.78 is 0. The molecule has 0 aliphatic rings. The van der Waals surface area contributed by atoms with Crippen LogP contribution in [0.25, 0.3) is 0 Å². The van der Waals surface area contributed by atoms with Crippen molar-refractivity contribution >= 4 is 29.2 Å². The Bertz CT molecular complexity index is 688. The second-order valence-electron chi connectivity index (χ2n) is 3.85. The highest BCUT2D eigenvalue weighted by Crippen LogP contribution is 2.25. The number of amides is 1. The van der Waals surface area contributed by atoms with Gasteiger partial charge in [0.1, 0.15) is 5.75 Å². The number of pyridine rings is 1. The summed E-state index contributed by atoms with van der Waals surface area (Å²) in [5, 5.41) is 21.1. The van der Waals surface area contributed by atoms with Gasteiger partial charge in [0.15, 0.2) is 0 Å². The van der Waals surface area contributed by atoms with Crippen LogP contribution in [-0.4, -0.2) is 27.1 Å². The Morgan fingerprint density at radius 3 is 2.65 bits per heavy atom. The highest BCUT2D eigenvalue weighted by molar-refractivity contribution is 6.34. The van der Waals surface area contributed by atoms with Crippen molar-refractivity contribution in [3.63, 3.8) is 0 Å². The molecular formula is C13H9ClN2O4. The number of phenols is 1. The minimum atomic E-state index is -1.17. The Kier molecular flexibility index (Phi) is 3.86. The van der Waals surface area contributed by atoms with Crippen molar-refractivity contribution in [1.29, 1.82) is 0 Å². The minimum Gasteiger partial charge on any atom is -0.506 e. The molecule has 1 amide bonds. The first-order chi connectivity index (χ1) is 9.49. The lowest BCUT2D eigenvalue weighted by atomic mass is 10.1. The topological polar surface area (TPSA) is 99.5 Å². The first kappa shape index (κ1) is 13.8. The molecule has 0 aliphatic carbocycles. The van der Waals surface area contributed by atoms with Crippen LogP contribution in [0.2, 0.25) is 5.02 Å². The van der Waals surface area contributed by atoms with Gasteiger partial charge in [-0.15, -0.1) is 0 Å². The van der Waals surface area contributed by atoms with Gasteiger partial charge >= 0.3 is 5.97 Å². The maximum atomic E-state index is 12.0. The molecule has 3 N–H and O–H groups in total. The van der Waals surface area contributed by atoms with E-state index in [0.717, 1.165) is 6.07 Å². The van der Waals surface area contributed by atoms with Gasteiger partial charge in [0, 0.05) is 12.4 Å². The molecule has 2 aromatic rings. The second kappa shape index (κ2) is 5.58. The molecular weight excluding hydrogens is 284 g/mol. The molecule has 1 aromatic heterocycles. The summed E-state index contributed by atoms with van der Waals surface area (Å²) in [4.78, 5) is 26.6. The summed E-state index contributed by atoms with van der Waals surface area (Å²) >= 11 is 5.85. The Labute approximate surface area is 118 Å². The number of aromatic hydroxyl groups is 1. The van der Waals surface area contributed by atoms with E-state index in [4.69, 9.17) is 16.7 Å². The summed E-state index contributed by atoms with van der Waals surface area (Å²) in [6.07, 6.45) is 2.71. The SMILES string of the molecule is O=C(O)c1ccc(O)c(NC(=O)c2cnccc2Cl)c1. The largest absolute Gasteiger partial charge is 0.506 e. The average molecular weight is 293 g/mol. The van der Waals surface area contributed by atoms with Gasteiger partial charge in [-0.3, -0.25) is 9.78 Å². The maximum absolute atomic E-state index is 12.0. The van der Waals surface area contributed by atoms with Crippen molar-refractivity contribution < 1.29 is 19.8 Å². The molecule has 0 aliphatic heterocycles. The number of nitrogens with zero attached hydrogens (tertiary/aromatic N) is 1. The number of hydrogen-bond donors (Lipinski definition) is 3. The zero-order valence-electron chi connectivity index (χ0n) is 10.0. The van der Waals surface area contributed by atoms with Crippen molar-refractivity contribution in [3.05, 3.63) is 52.8 Å². The smallest absolute Gasteiger partial charge is 0.335 e. The number of carbonyl (C=O) groups excluding carboxylic acids is 1. The number of aromatic carboxylic acids is 1. The number of nitrogens with one attached hydrogen (secondary N) is 1. The van der Waals surface area contributed by atoms with Gasteiger partial charge in [-0.05, 0) is 24.3 Å². The van der Waals surface area contributed by atoms with Crippen LogP contribution in [-0.2, 0) is 0 Å². The highest BCUT2D eigenvalue weighted by Gasteiger charge is 2.14. The minimum absolute atomic E-state index is 0.0187. The van der Waals surface area contributed by atoms with Gasteiger partial charge < -0.3 is 15.5 Å². The van der Waals surface area contributed by atoms with Crippen molar-refractivity contribution in [1.82, 2.24) is 4.98 Å². The van der Waals surface area contributed by atoms with Gasteiger partial charge in [-0.25, -0.2) is 4.79 Å².